The van der Waals surface area contributed by atoms with Gasteiger partial charge in [0.05, 0.1) is 9.26 Å². The molecule has 1 N–H and O–H groups in total. The van der Waals surface area contributed by atoms with E-state index in [2.05, 4.69) is 34.8 Å². The lowest BCUT2D eigenvalue weighted by Gasteiger charge is -2.16. The summed E-state index contributed by atoms with van der Waals surface area (Å²) in [7, 11) is 0. The zero-order chi connectivity index (χ0) is 13.2. The van der Waals surface area contributed by atoms with Gasteiger partial charge in [-0.25, -0.2) is 9.97 Å². The van der Waals surface area contributed by atoms with Gasteiger partial charge in [-0.2, -0.15) is 0 Å². The number of nitrogens with zero attached hydrogens (tertiary/aromatic N) is 2. The topological polar surface area (TPSA) is 37.8 Å². The molecule has 0 amide bonds. The first-order chi connectivity index (χ1) is 9.28. The fourth-order valence-corrected chi connectivity index (χ4v) is 3.81. The maximum absolute atomic E-state index is 4.92. The van der Waals surface area contributed by atoms with Gasteiger partial charge < -0.3 is 5.32 Å². The third kappa shape index (κ3) is 3.20. The lowest BCUT2D eigenvalue weighted by atomic mass is 10.0. The molecule has 3 nitrogen and oxygen atoms in total. The summed E-state index contributed by atoms with van der Waals surface area (Å²) in [6.07, 6.45) is 9.14. The van der Waals surface area contributed by atoms with Crippen molar-refractivity contribution in [2.75, 3.05) is 11.9 Å². The van der Waals surface area contributed by atoms with Crippen LogP contribution in [-0.4, -0.2) is 16.5 Å². The summed E-state index contributed by atoms with van der Waals surface area (Å²) < 4.78 is 1.26. The molecule has 0 radical (unpaired) electrons. The van der Waals surface area contributed by atoms with Crippen molar-refractivity contribution >= 4 is 28.4 Å². The summed E-state index contributed by atoms with van der Waals surface area (Å²) in [4.78, 5) is 9.66. The van der Waals surface area contributed by atoms with Gasteiger partial charge in [0.25, 0.3) is 0 Å². The van der Waals surface area contributed by atoms with Gasteiger partial charge in [0.1, 0.15) is 11.6 Å². The molecule has 0 saturated heterocycles. The number of hydrogen-bond acceptors (Lipinski definition) is 3. The van der Waals surface area contributed by atoms with Crippen molar-refractivity contribution in [1.82, 2.24) is 9.97 Å². The van der Waals surface area contributed by atoms with Gasteiger partial charge in [0.15, 0.2) is 0 Å². The summed E-state index contributed by atoms with van der Waals surface area (Å²) >= 11 is 2.43. The Kier molecular flexibility index (Phi) is 4.24. The molecule has 19 heavy (non-hydrogen) atoms. The number of aromatic nitrogens is 2. The minimum Gasteiger partial charge on any atom is -0.369 e. The van der Waals surface area contributed by atoms with Crippen LogP contribution < -0.4 is 5.32 Å². The van der Waals surface area contributed by atoms with Crippen molar-refractivity contribution in [2.24, 2.45) is 5.92 Å². The van der Waals surface area contributed by atoms with Crippen molar-refractivity contribution in [3.8, 4) is 0 Å². The van der Waals surface area contributed by atoms with Crippen molar-refractivity contribution in [1.29, 1.82) is 0 Å². The minimum absolute atomic E-state index is 0.672. The van der Waals surface area contributed by atoms with Crippen molar-refractivity contribution in [3.63, 3.8) is 0 Å². The van der Waals surface area contributed by atoms with E-state index in [-0.39, 0.29) is 0 Å². The van der Waals surface area contributed by atoms with Crippen molar-refractivity contribution < 1.29 is 0 Å². The van der Waals surface area contributed by atoms with E-state index in [1.165, 1.54) is 47.8 Å². The lowest BCUT2D eigenvalue weighted by molar-refractivity contribution is 0.668. The van der Waals surface area contributed by atoms with E-state index in [0.717, 1.165) is 30.5 Å². The summed E-state index contributed by atoms with van der Waals surface area (Å²) in [6, 6.07) is 0. The Hall–Kier alpha value is -0.390. The van der Waals surface area contributed by atoms with Gasteiger partial charge >= 0.3 is 0 Å². The molecule has 0 atom stereocenters. The van der Waals surface area contributed by atoms with Gasteiger partial charge in [0, 0.05) is 18.9 Å². The number of hydrogen-bond donors (Lipinski definition) is 1. The minimum atomic E-state index is 0.672. The molecule has 0 bridgehead atoms. The zero-order valence-corrected chi connectivity index (χ0v) is 13.7. The van der Waals surface area contributed by atoms with Crippen LogP contribution in [0, 0.1) is 9.49 Å². The molecule has 3 rings (SSSR count). The van der Waals surface area contributed by atoms with Crippen molar-refractivity contribution in [3.05, 3.63) is 15.1 Å². The van der Waals surface area contributed by atoms with E-state index < -0.39 is 0 Å². The summed E-state index contributed by atoms with van der Waals surface area (Å²) in [5, 5.41) is 3.42. The Morgan fingerprint density at radius 2 is 1.89 bits per heavy atom. The van der Waals surface area contributed by atoms with E-state index in [4.69, 9.17) is 9.97 Å². The van der Waals surface area contributed by atoms with Crippen LogP contribution in [0.5, 0.6) is 0 Å². The molecule has 2 saturated carbocycles. The van der Waals surface area contributed by atoms with Crippen LogP contribution >= 0.6 is 22.6 Å². The maximum atomic E-state index is 4.92. The third-order valence-electron chi connectivity index (χ3n) is 4.18. The van der Waals surface area contributed by atoms with Crippen LogP contribution in [0.2, 0.25) is 0 Å². The number of anilines is 1. The van der Waals surface area contributed by atoms with Crippen LogP contribution in [-0.2, 0) is 6.42 Å². The van der Waals surface area contributed by atoms with Gasteiger partial charge in [-0.1, -0.05) is 12.8 Å². The first kappa shape index (κ1) is 13.6. The SMILES string of the molecule is CCNc1nc(CC2CC2)nc(C2CCCC2)c1I. The quantitative estimate of drug-likeness (QED) is 0.792. The second-order valence-electron chi connectivity index (χ2n) is 5.85. The van der Waals surface area contributed by atoms with E-state index in [0.29, 0.717) is 5.92 Å². The van der Waals surface area contributed by atoms with Crippen LogP contribution in [0.15, 0.2) is 0 Å². The van der Waals surface area contributed by atoms with Crippen LogP contribution in [0.4, 0.5) is 5.82 Å². The largest absolute Gasteiger partial charge is 0.369 e. The van der Waals surface area contributed by atoms with Crippen LogP contribution in [0.3, 0.4) is 0 Å². The highest BCUT2D eigenvalue weighted by molar-refractivity contribution is 14.1. The average Bonchev–Trinajstić information content (AvgIpc) is 3.05. The van der Waals surface area contributed by atoms with Gasteiger partial charge in [-0.05, 0) is 61.1 Å². The fourth-order valence-electron chi connectivity index (χ4n) is 2.94. The van der Waals surface area contributed by atoms with E-state index in [1.54, 1.807) is 0 Å². The molecular weight excluding hydrogens is 349 g/mol. The first-order valence-corrected chi connectivity index (χ1v) is 8.66. The van der Waals surface area contributed by atoms with E-state index in [9.17, 15) is 0 Å². The van der Waals surface area contributed by atoms with Crippen LogP contribution in [0.1, 0.15) is 62.9 Å². The highest BCUT2D eigenvalue weighted by Crippen LogP contribution is 2.38. The van der Waals surface area contributed by atoms with Gasteiger partial charge in [0.2, 0.25) is 0 Å². The van der Waals surface area contributed by atoms with E-state index in [1.807, 2.05) is 0 Å². The lowest BCUT2D eigenvalue weighted by Crippen LogP contribution is -2.12. The molecule has 0 aliphatic heterocycles. The fraction of sp³-hybridized carbons (Fsp3) is 0.733. The van der Waals surface area contributed by atoms with E-state index >= 15 is 0 Å². The normalized spacial score (nSPS) is 19.9. The maximum Gasteiger partial charge on any atom is 0.143 e. The Morgan fingerprint density at radius 3 is 2.53 bits per heavy atom. The molecule has 2 aliphatic rings. The highest BCUT2D eigenvalue weighted by Gasteiger charge is 2.27. The van der Waals surface area contributed by atoms with Crippen molar-refractivity contribution in [2.45, 2.75) is 57.8 Å². The average molecular weight is 371 g/mol. The molecular formula is C15H22IN3. The second kappa shape index (κ2) is 5.94. The molecule has 1 aromatic heterocycles. The molecule has 0 spiro atoms. The number of rotatable bonds is 5. The molecule has 0 unspecified atom stereocenters. The smallest absolute Gasteiger partial charge is 0.143 e. The molecule has 104 valence electrons. The number of halogens is 1. The Bertz CT molecular complexity index is 451. The molecule has 0 aromatic carbocycles. The van der Waals surface area contributed by atoms with Crippen LogP contribution in [0.25, 0.3) is 0 Å². The molecule has 1 heterocycles. The highest BCUT2D eigenvalue weighted by atomic mass is 127. The molecule has 2 aliphatic carbocycles. The van der Waals surface area contributed by atoms with Gasteiger partial charge in [-0.3, -0.25) is 0 Å². The predicted octanol–water partition coefficient (Wildman–Crippen LogP) is 4.12. The molecule has 2 fully saturated rings. The monoisotopic (exact) mass is 371 g/mol. The van der Waals surface area contributed by atoms with Gasteiger partial charge in [-0.15, -0.1) is 0 Å². The summed E-state index contributed by atoms with van der Waals surface area (Å²) in [5.41, 5.74) is 1.32. The second-order valence-corrected chi connectivity index (χ2v) is 6.93. The number of nitrogens with one attached hydrogen (secondary N) is 1. The first-order valence-electron chi connectivity index (χ1n) is 7.58. The predicted molar refractivity (Wildman–Crippen MR) is 86.5 cm³/mol. The Labute approximate surface area is 129 Å². The summed E-state index contributed by atoms with van der Waals surface area (Å²) in [5.74, 6) is 3.66. The third-order valence-corrected chi connectivity index (χ3v) is 5.24. The standard InChI is InChI=1S/C15H22IN3/c1-2-17-15-13(16)14(11-5-3-4-6-11)18-12(19-15)9-10-7-8-10/h10-11H,2-9H2,1H3,(H,17,18,19). The molecule has 4 heteroatoms. The summed E-state index contributed by atoms with van der Waals surface area (Å²) in [6.45, 7) is 3.06. The Morgan fingerprint density at radius 1 is 1.16 bits per heavy atom. The Balaban J connectivity index is 1.91. The zero-order valence-electron chi connectivity index (χ0n) is 11.6. The molecule has 1 aromatic rings.